The molecule has 2 aromatic carbocycles. The van der Waals surface area contributed by atoms with Crippen LogP contribution < -0.4 is 14.8 Å². The summed E-state index contributed by atoms with van der Waals surface area (Å²) < 4.78 is 10.8. The molecule has 26 heavy (non-hydrogen) atoms. The van der Waals surface area contributed by atoms with Crippen LogP contribution in [0.3, 0.4) is 0 Å². The van der Waals surface area contributed by atoms with Gasteiger partial charge in [-0.05, 0) is 56.7 Å². The third-order valence-corrected chi connectivity index (χ3v) is 3.74. The minimum Gasteiger partial charge on any atom is -0.497 e. The van der Waals surface area contributed by atoms with Gasteiger partial charge in [-0.25, -0.2) is 0 Å². The number of carbonyl (C=O) groups is 2. The number of ether oxygens (including phenoxy) is 2. The summed E-state index contributed by atoms with van der Waals surface area (Å²) in [5.74, 6) is 1.24. The molecular formula is C21H25NO4. The number of hydrogen-bond acceptors (Lipinski definition) is 4. The summed E-state index contributed by atoms with van der Waals surface area (Å²) in [6, 6.07) is 14.3. The number of nitrogens with one attached hydrogen (secondary N) is 1. The second kappa shape index (κ2) is 9.61. The van der Waals surface area contributed by atoms with Gasteiger partial charge in [0.1, 0.15) is 11.5 Å². The number of para-hydroxylation sites is 2. The second-order valence-electron chi connectivity index (χ2n) is 6.22. The molecule has 0 spiro atoms. The SMILES string of the molecule is COc1ccc(C(=O)CCCC(=O)Nc2ccccc2OC(C)C)cc1. The van der Waals surface area contributed by atoms with E-state index in [2.05, 4.69) is 5.32 Å². The van der Waals surface area contributed by atoms with Crippen LogP contribution in [0, 0.1) is 0 Å². The van der Waals surface area contributed by atoms with E-state index in [1.165, 1.54) is 0 Å². The lowest BCUT2D eigenvalue weighted by atomic mass is 10.1. The zero-order valence-corrected chi connectivity index (χ0v) is 15.5. The first-order chi connectivity index (χ1) is 12.5. The molecule has 0 atom stereocenters. The third kappa shape index (κ3) is 5.92. The highest BCUT2D eigenvalue weighted by atomic mass is 16.5. The highest BCUT2D eigenvalue weighted by Gasteiger charge is 2.11. The number of rotatable bonds is 9. The van der Waals surface area contributed by atoms with Gasteiger partial charge in [0.25, 0.3) is 0 Å². The fourth-order valence-electron chi connectivity index (χ4n) is 2.47. The van der Waals surface area contributed by atoms with Gasteiger partial charge in [0, 0.05) is 18.4 Å². The monoisotopic (exact) mass is 355 g/mol. The number of Topliss-reactive ketones (excluding diaryl/α,β-unsaturated/α-hetero) is 1. The molecule has 0 saturated carbocycles. The first kappa shape index (κ1) is 19.5. The first-order valence-corrected chi connectivity index (χ1v) is 8.72. The van der Waals surface area contributed by atoms with E-state index in [1.54, 1.807) is 37.4 Å². The Balaban J connectivity index is 1.82. The van der Waals surface area contributed by atoms with E-state index in [9.17, 15) is 9.59 Å². The van der Waals surface area contributed by atoms with Crippen LogP contribution in [0.1, 0.15) is 43.5 Å². The molecule has 0 aliphatic rings. The van der Waals surface area contributed by atoms with Crippen molar-refractivity contribution in [3.05, 3.63) is 54.1 Å². The van der Waals surface area contributed by atoms with E-state index in [-0.39, 0.29) is 24.2 Å². The van der Waals surface area contributed by atoms with Crippen molar-refractivity contribution in [3.63, 3.8) is 0 Å². The molecule has 2 rings (SSSR count). The quantitative estimate of drug-likeness (QED) is 0.674. The van der Waals surface area contributed by atoms with Gasteiger partial charge in [0.05, 0.1) is 18.9 Å². The number of hydrogen-bond donors (Lipinski definition) is 1. The standard InChI is InChI=1S/C21H25NO4/c1-15(2)26-20-9-5-4-7-18(20)22-21(24)10-6-8-19(23)16-11-13-17(25-3)14-12-16/h4-5,7,9,11-15H,6,8,10H2,1-3H3,(H,22,24). The Kier molecular flexibility index (Phi) is 7.21. The largest absolute Gasteiger partial charge is 0.497 e. The maximum Gasteiger partial charge on any atom is 0.224 e. The van der Waals surface area contributed by atoms with Crippen LogP contribution in [0.5, 0.6) is 11.5 Å². The van der Waals surface area contributed by atoms with Gasteiger partial charge in [0.15, 0.2) is 5.78 Å². The highest BCUT2D eigenvalue weighted by molar-refractivity contribution is 5.97. The fraction of sp³-hybridized carbons (Fsp3) is 0.333. The molecule has 138 valence electrons. The second-order valence-corrected chi connectivity index (χ2v) is 6.22. The molecule has 0 aliphatic carbocycles. The Labute approximate surface area is 154 Å². The average molecular weight is 355 g/mol. The van der Waals surface area contributed by atoms with Crippen molar-refractivity contribution in [2.24, 2.45) is 0 Å². The topological polar surface area (TPSA) is 64.6 Å². The molecule has 0 heterocycles. The third-order valence-electron chi connectivity index (χ3n) is 3.74. The lowest BCUT2D eigenvalue weighted by molar-refractivity contribution is -0.116. The fourth-order valence-corrected chi connectivity index (χ4v) is 2.47. The van der Waals surface area contributed by atoms with Crippen molar-refractivity contribution in [3.8, 4) is 11.5 Å². The molecule has 5 heteroatoms. The van der Waals surface area contributed by atoms with E-state index in [0.717, 1.165) is 0 Å². The number of anilines is 1. The van der Waals surface area contributed by atoms with Gasteiger partial charge >= 0.3 is 0 Å². The molecule has 5 nitrogen and oxygen atoms in total. The van der Waals surface area contributed by atoms with Gasteiger partial charge in [-0.2, -0.15) is 0 Å². The van der Waals surface area contributed by atoms with Gasteiger partial charge < -0.3 is 14.8 Å². The Morgan fingerprint density at radius 1 is 1.00 bits per heavy atom. The van der Waals surface area contributed by atoms with E-state index >= 15 is 0 Å². The Morgan fingerprint density at radius 2 is 1.69 bits per heavy atom. The normalized spacial score (nSPS) is 10.5. The van der Waals surface area contributed by atoms with Gasteiger partial charge in [-0.1, -0.05) is 12.1 Å². The minimum atomic E-state index is -0.132. The summed E-state index contributed by atoms with van der Waals surface area (Å²) in [6.45, 7) is 3.87. The summed E-state index contributed by atoms with van der Waals surface area (Å²) >= 11 is 0. The predicted molar refractivity (Wildman–Crippen MR) is 102 cm³/mol. The lowest BCUT2D eigenvalue weighted by Crippen LogP contribution is -2.14. The van der Waals surface area contributed by atoms with E-state index in [4.69, 9.17) is 9.47 Å². The van der Waals surface area contributed by atoms with Crippen LogP contribution in [0.25, 0.3) is 0 Å². The van der Waals surface area contributed by atoms with Crippen molar-refractivity contribution < 1.29 is 19.1 Å². The molecule has 2 aromatic rings. The summed E-state index contributed by atoms with van der Waals surface area (Å²) in [6.07, 6.45) is 1.11. The molecule has 1 amide bonds. The molecule has 0 radical (unpaired) electrons. The minimum absolute atomic E-state index is 0.0176. The van der Waals surface area contributed by atoms with Crippen molar-refractivity contribution >= 4 is 17.4 Å². The summed E-state index contributed by atoms with van der Waals surface area (Å²) in [4.78, 5) is 24.3. The van der Waals surface area contributed by atoms with Crippen molar-refractivity contribution in [2.45, 2.75) is 39.2 Å². The van der Waals surface area contributed by atoms with Crippen molar-refractivity contribution in [2.75, 3.05) is 12.4 Å². The Hall–Kier alpha value is -2.82. The van der Waals surface area contributed by atoms with Crippen LogP contribution in [0.4, 0.5) is 5.69 Å². The van der Waals surface area contributed by atoms with Gasteiger partial charge in [0.2, 0.25) is 5.91 Å². The van der Waals surface area contributed by atoms with Crippen LogP contribution >= 0.6 is 0 Å². The van der Waals surface area contributed by atoms with E-state index in [1.807, 2.05) is 32.0 Å². The number of carbonyl (C=O) groups excluding carboxylic acids is 2. The van der Waals surface area contributed by atoms with Gasteiger partial charge in [-0.15, -0.1) is 0 Å². The average Bonchev–Trinajstić information content (AvgIpc) is 2.63. The summed E-state index contributed by atoms with van der Waals surface area (Å²) in [7, 11) is 1.58. The molecule has 0 aliphatic heterocycles. The first-order valence-electron chi connectivity index (χ1n) is 8.72. The van der Waals surface area contributed by atoms with Crippen molar-refractivity contribution in [1.29, 1.82) is 0 Å². The molecule has 0 bridgehead atoms. The smallest absolute Gasteiger partial charge is 0.224 e. The molecule has 0 saturated heterocycles. The zero-order valence-electron chi connectivity index (χ0n) is 15.5. The summed E-state index contributed by atoms with van der Waals surface area (Å²) in [5.41, 5.74) is 1.27. The lowest BCUT2D eigenvalue weighted by Gasteiger charge is -2.14. The van der Waals surface area contributed by atoms with Crippen molar-refractivity contribution in [1.82, 2.24) is 0 Å². The van der Waals surface area contributed by atoms with Crippen LogP contribution in [0.2, 0.25) is 0 Å². The van der Waals surface area contributed by atoms with E-state index < -0.39 is 0 Å². The van der Waals surface area contributed by atoms with Gasteiger partial charge in [-0.3, -0.25) is 9.59 Å². The highest BCUT2D eigenvalue weighted by Crippen LogP contribution is 2.25. The Bertz CT molecular complexity index is 738. The number of ketones is 1. The zero-order chi connectivity index (χ0) is 18.9. The molecule has 0 aromatic heterocycles. The molecule has 1 N–H and O–H groups in total. The van der Waals surface area contributed by atoms with Crippen LogP contribution in [-0.2, 0) is 4.79 Å². The number of benzene rings is 2. The molecule has 0 fully saturated rings. The molecular weight excluding hydrogens is 330 g/mol. The Morgan fingerprint density at radius 3 is 2.35 bits per heavy atom. The maximum atomic E-state index is 12.2. The number of methoxy groups -OCH3 is 1. The predicted octanol–water partition coefficient (Wildman–Crippen LogP) is 4.47. The molecule has 0 unspecified atom stereocenters. The number of amides is 1. The van der Waals surface area contributed by atoms with Crippen LogP contribution in [0.15, 0.2) is 48.5 Å². The van der Waals surface area contributed by atoms with E-state index in [0.29, 0.717) is 35.6 Å². The summed E-state index contributed by atoms with van der Waals surface area (Å²) in [5, 5.41) is 2.85. The van der Waals surface area contributed by atoms with Crippen LogP contribution in [-0.4, -0.2) is 24.9 Å². The maximum absolute atomic E-state index is 12.2.